The lowest BCUT2D eigenvalue weighted by atomic mass is 10.1. The molecule has 118 valence electrons. The van der Waals surface area contributed by atoms with Crippen LogP contribution in [-0.2, 0) is 17.6 Å². The van der Waals surface area contributed by atoms with Crippen molar-refractivity contribution in [1.29, 1.82) is 0 Å². The van der Waals surface area contributed by atoms with Gasteiger partial charge in [-0.2, -0.15) is 0 Å². The summed E-state index contributed by atoms with van der Waals surface area (Å²) in [7, 11) is 0. The van der Waals surface area contributed by atoms with Crippen LogP contribution in [0.2, 0.25) is 4.34 Å². The van der Waals surface area contributed by atoms with Gasteiger partial charge in [0, 0.05) is 5.38 Å². The number of thiazole rings is 1. The highest BCUT2D eigenvalue weighted by atomic mass is 35.5. The van der Waals surface area contributed by atoms with Gasteiger partial charge in [0.2, 0.25) is 5.91 Å². The molecule has 0 saturated carbocycles. The van der Waals surface area contributed by atoms with Crippen molar-refractivity contribution >= 4 is 45.3 Å². The number of nitrogens with one attached hydrogen (secondary N) is 1. The number of rotatable bonds is 5. The topological polar surface area (TPSA) is 42.0 Å². The Bertz CT molecular complexity index is 808. The monoisotopic (exact) mass is 362 g/mol. The maximum absolute atomic E-state index is 12.1. The Morgan fingerprint density at radius 2 is 1.91 bits per heavy atom. The van der Waals surface area contributed by atoms with E-state index in [-0.39, 0.29) is 5.91 Å². The molecule has 2 heterocycles. The van der Waals surface area contributed by atoms with Crippen molar-refractivity contribution in [2.75, 3.05) is 5.32 Å². The lowest BCUT2D eigenvalue weighted by Crippen LogP contribution is -2.14. The van der Waals surface area contributed by atoms with Gasteiger partial charge in [0.05, 0.1) is 21.3 Å². The van der Waals surface area contributed by atoms with E-state index in [2.05, 4.69) is 29.4 Å². The van der Waals surface area contributed by atoms with E-state index in [1.165, 1.54) is 28.2 Å². The zero-order chi connectivity index (χ0) is 16.2. The Morgan fingerprint density at radius 1 is 1.17 bits per heavy atom. The fraction of sp³-hybridized carbons (Fsp3) is 0.176. The normalized spacial score (nSPS) is 10.7. The van der Waals surface area contributed by atoms with E-state index in [9.17, 15) is 4.79 Å². The van der Waals surface area contributed by atoms with Crippen molar-refractivity contribution in [3.63, 3.8) is 0 Å². The summed E-state index contributed by atoms with van der Waals surface area (Å²) < 4.78 is 0.731. The first-order chi connectivity index (χ1) is 11.1. The first kappa shape index (κ1) is 16.2. The largest absolute Gasteiger partial charge is 0.302 e. The Labute approximate surface area is 148 Å². The molecule has 0 fully saturated rings. The zero-order valence-corrected chi connectivity index (χ0v) is 14.9. The van der Waals surface area contributed by atoms with Crippen molar-refractivity contribution in [3.05, 3.63) is 57.2 Å². The Kier molecular flexibility index (Phi) is 5.10. The minimum atomic E-state index is -0.0561. The van der Waals surface area contributed by atoms with Crippen molar-refractivity contribution in [2.24, 2.45) is 0 Å². The van der Waals surface area contributed by atoms with E-state index in [0.29, 0.717) is 11.6 Å². The lowest BCUT2D eigenvalue weighted by molar-refractivity contribution is -0.115. The SMILES string of the molecule is CCc1ccc(CC(=O)Nc2nc(-c3ccc(Cl)s3)cs2)cc1. The van der Waals surface area contributed by atoms with E-state index in [0.717, 1.165) is 26.9 Å². The molecule has 0 atom stereocenters. The van der Waals surface area contributed by atoms with Crippen LogP contribution in [0.5, 0.6) is 0 Å². The van der Waals surface area contributed by atoms with Gasteiger partial charge in [-0.15, -0.1) is 22.7 Å². The van der Waals surface area contributed by atoms with Gasteiger partial charge in [0.15, 0.2) is 5.13 Å². The fourth-order valence-corrected chi connectivity index (χ4v) is 3.94. The van der Waals surface area contributed by atoms with Gasteiger partial charge in [-0.05, 0) is 29.7 Å². The molecule has 0 bridgehead atoms. The molecule has 6 heteroatoms. The summed E-state index contributed by atoms with van der Waals surface area (Å²) in [5, 5.41) is 5.39. The Hall–Kier alpha value is -1.69. The maximum Gasteiger partial charge on any atom is 0.230 e. The second-order valence-corrected chi connectivity index (χ2v) is 7.61. The van der Waals surface area contributed by atoms with Crippen LogP contribution in [0.25, 0.3) is 10.6 Å². The smallest absolute Gasteiger partial charge is 0.230 e. The molecule has 2 aromatic heterocycles. The van der Waals surface area contributed by atoms with Gasteiger partial charge >= 0.3 is 0 Å². The molecule has 0 aliphatic carbocycles. The average Bonchev–Trinajstić information content (AvgIpc) is 3.17. The number of amides is 1. The maximum atomic E-state index is 12.1. The standard InChI is InChI=1S/C17H15ClN2OS2/c1-2-11-3-5-12(6-4-11)9-16(21)20-17-19-13(10-22-17)14-7-8-15(18)23-14/h3-8,10H,2,9H2,1H3,(H,19,20,21). The number of carbonyl (C=O) groups excluding carboxylic acids is 1. The summed E-state index contributed by atoms with van der Waals surface area (Å²) in [6.07, 6.45) is 1.35. The number of aromatic nitrogens is 1. The molecule has 0 aliphatic rings. The Morgan fingerprint density at radius 3 is 2.57 bits per heavy atom. The van der Waals surface area contributed by atoms with E-state index in [4.69, 9.17) is 11.6 Å². The van der Waals surface area contributed by atoms with Crippen LogP contribution in [0.1, 0.15) is 18.1 Å². The van der Waals surface area contributed by atoms with E-state index < -0.39 is 0 Å². The molecule has 1 aromatic carbocycles. The number of aryl methyl sites for hydroxylation is 1. The van der Waals surface area contributed by atoms with Crippen LogP contribution in [-0.4, -0.2) is 10.9 Å². The molecular formula is C17H15ClN2OS2. The first-order valence-electron chi connectivity index (χ1n) is 7.23. The number of thiophene rings is 1. The predicted octanol–water partition coefficient (Wildman–Crippen LogP) is 5.27. The molecule has 0 aliphatic heterocycles. The van der Waals surface area contributed by atoms with Gasteiger partial charge in [-0.1, -0.05) is 42.8 Å². The third-order valence-electron chi connectivity index (χ3n) is 3.37. The van der Waals surface area contributed by atoms with Crippen LogP contribution in [0.3, 0.4) is 0 Å². The fourth-order valence-electron chi connectivity index (χ4n) is 2.14. The first-order valence-corrected chi connectivity index (χ1v) is 9.30. The third-order valence-corrected chi connectivity index (χ3v) is 5.38. The number of hydrogen-bond acceptors (Lipinski definition) is 4. The third kappa shape index (κ3) is 4.19. The van der Waals surface area contributed by atoms with Crippen LogP contribution < -0.4 is 5.32 Å². The molecule has 3 nitrogen and oxygen atoms in total. The van der Waals surface area contributed by atoms with Crippen molar-refractivity contribution in [3.8, 4) is 10.6 Å². The molecule has 0 spiro atoms. The zero-order valence-electron chi connectivity index (χ0n) is 12.5. The summed E-state index contributed by atoms with van der Waals surface area (Å²) in [5.74, 6) is -0.0561. The van der Waals surface area contributed by atoms with Gasteiger partial charge in [-0.3, -0.25) is 4.79 Å². The highest BCUT2D eigenvalue weighted by molar-refractivity contribution is 7.20. The molecule has 0 unspecified atom stereocenters. The van der Waals surface area contributed by atoms with E-state index in [1.54, 1.807) is 0 Å². The predicted molar refractivity (Wildman–Crippen MR) is 98.6 cm³/mol. The van der Waals surface area contributed by atoms with Gasteiger partial charge in [0.1, 0.15) is 0 Å². The Balaban J connectivity index is 1.62. The molecule has 0 saturated heterocycles. The number of benzene rings is 1. The van der Waals surface area contributed by atoms with Crippen LogP contribution in [0.15, 0.2) is 41.8 Å². The summed E-state index contributed by atoms with van der Waals surface area (Å²) in [6.45, 7) is 2.11. The summed E-state index contributed by atoms with van der Waals surface area (Å²) in [4.78, 5) is 17.6. The van der Waals surface area contributed by atoms with Crippen molar-refractivity contribution < 1.29 is 4.79 Å². The minimum Gasteiger partial charge on any atom is -0.302 e. The van der Waals surface area contributed by atoms with Gasteiger partial charge in [0.25, 0.3) is 0 Å². The lowest BCUT2D eigenvalue weighted by Gasteiger charge is -2.03. The highest BCUT2D eigenvalue weighted by Crippen LogP contribution is 2.32. The summed E-state index contributed by atoms with van der Waals surface area (Å²) >= 11 is 8.83. The molecule has 3 rings (SSSR count). The number of hydrogen-bond donors (Lipinski definition) is 1. The quantitative estimate of drug-likeness (QED) is 0.671. The number of nitrogens with zero attached hydrogens (tertiary/aromatic N) is 1. The molecule has 1 N–H and O–H groups in total. The van der Waals surface area contributed by atoms with Gasteiger partial charge < -0.3 is 5.32 Å². The molecule has 0 radical (unpaired) electrons. The van der Waals surface area contributed by atoms with Gasteiger partial charge in [-0.25, -0.2) is 4.98 Å². The van der Waals surface area contributed by atoms with Crippen molar-refractivity contribution in [1.82, 2.24) is 4.98 Å². The molecule has 3 aromatic rings. The van der Waals surface area contributed by atoms with E-state index >= 15 is 0 Å². The highest BCUT2D eigenvalue weighted by Gasteiger charge is 2.10. The van der Waals surface area contributed by atoms with Crippen LogP contribution >= 0.6 is 34.3 Å². The van der Waals surface area contributed by atoms with Crippen molar-refractivity contribution in [2.45, 2.75) is 19.8 Å². The summed E-state index contributed by atoms with van der Waals surface area (Å²) in [5.41, 5.74) is 3.12. The second kappa shape index (κ2) is 7.25. The molecule has 23 heavy (non-hydrogen) atoms. The van der Waals surface area contributed by atoms with E-state index in [1.807, 2.05) is 29.6 Å². The number of halogens is 1. The summed E-state index contributed by atoms with van der Waals surface area (Å²) in [6, 6.07) is 11.9. The molecule has 1 amide bonds. The second-order valence-electron chi connectivity index (χ2n) is 5.04. The number of carbonyl (C=O) groups is 1. The minimum absolute atomic E-state index is 0.0561. The average molecular weight is 363 g/mol. The van der Waals surface area contributed by atoms with Crippen LogP contribution in [0.4, 0.5) is 5.13 Å². The van der Waals surface area contributed by atoms with Crippen LogP contribution in [0, 0.1) is 0 Å². The number of anilines is 1. The molecular weight excluding hydrogens is 348 g/mol.